The van der Waals surface area contributed by atoms with E-state index in [1.807, 2.05) is 48.5 Å². The van der Waals surface area contributed by atoms with E-state index in [9.17, 15) is 0 Å². The zero-order valence-corrected chi connectivity index (χ0v) is 15.8. The molecule has 0 spiro atoms. The molecule has 148 valence electrons. The van der Waals surface area contributed by atoms with Gasteiger partial charge in [-0.15, -0.1) is 0 Å². The van der Waals surface area contributed by atoms with Crippen LogP contribution < -0.4 is 15.2 Å². The Morgan fingerprint density at radius 3 is 2.43 bits per heavy atom. The van der Waals surface area contributed by atoms with Crippen molar-refractivity contribution >= 4 is 5.71 Å². The molecule has 4 rings (SSSR count). The number of fused-ring (bicyclic) bond motifs is 2. The van der Waals surface area contributed by atoms with Crippen molar-refractivity contribution in [1.82, 2.24) is 0 Å². The number of ether oxygens (including phenoxy) is 4. The van der Waals surface area contributed by atoms with Crippen LogP contribution in [0.25, 0.3) is 0 Å². The van der Waals surface area contributed by atoms with E-state index in [-0.39, 0.29) is 18.2 Å². The van der Waals surface area contributed by atoms with Crippen LogP contribution >= 0.6 is 0 Å². The van der Waals surface area contributed by atoms with Crippen molar-refractivity contribution in [3.05, 3.63) is 59.7 Å². The van der Waals surface area contributed by atoms with E-state index in [4.69, 9.17) is 30.1 Å². The molecule has 28 heavy (non-hydrogen) atoms. The van der Waals surface area contributed by atoms with E-state index in [1.54, 1.807) is 0 Å². The monoisotopic (exact) mass is 382 g/mol. The molecule has 0 bridgehead atoms. The Bertz CT molecular complexity index is 822. The van der Waals surface area contributed by atoms with Crippen molar-refractivity contribution in [2.24, 2.45) is 5.73 Å². The van der Waals surface area contributed by atoms with Crippen molar-refractivity contribution in [3.63, 3.8) is 0 Å². The molecule has 6 heteroatoms. The summed E-state index contributed by atoms with van der Waals surface area (Å²) in [5.74, 6) is 1.45. The Labute approximate surface area is 165 Å². The molecule has 3 N–H and O–H groups in total. The van der Waals surface area contributed by atoms with E-state index in [0.717, 1.165) is 23.5 Å². The number of epoxide rings is 1. The largest absolute Gasteiger partial charge is 0.490 e. The predicted molar refractivity (Wildman–Crippen MR) is 106 cm³/mol. The number of para-hydroxylation sites is 2. The van der Waals surface area contributed by atoms with Gasteiger partial charge in [0, 0.05) is 22.9 Å². The summed E-state index contributed by atoms with van der Waals surface area (Å²) in [7, 11) is 0. The molecule has 0 saturated carbocycles. The van der Waals surface area contributed by atoms with Gasteiger partial charge in [0.15, 0.2) is 0 Å². The summed E-state index contributed by atoms with van der Waals surface area (Å²) in [5, 5.41) is 8.51. The first-order valence-corrected chi connectivity index (χ1v) is 9.71. The van der Waals surface area contributed by atoms with Gasteiger partial charge in [-0.3, -0.25) is 0 Å². The standard InChI is InChI=1S/C22H26N2O4/c23-19-9-10-20(24)18-6-2-4-8-22(18)28-14-16(26-12-15-11-25-15)13-27-21-7-3-1-5-17(19)21/h1-8,15-16,19,24H,9-14,23H2. The lowest BCUT2D eigenvalue weighted by Crippen LogP contribution is -2.30. The third-order valence-electron chi connectivity index (χ3n) is 5.01. The van der Waals surface area contributed by atoms with Gasteiger partial charge in [-0.05, 0) is 31.0 Å². The van der Waals surface area contributed by atoms with Gasteiger partial charge in [-0.25, -0.2) is 0 Å². The number of benzene rings is 2. The topological polar surface area (TPSA) is 90.1 Å². The lowest BCUT2D eigenvalue weighted by atomic mass is 9.97. The molecule has 3 unspecified atom stereocenters. The zero-order chi connectivity index (χ0) is 19.3. The maximum atomic E-state index is 8.51. The first-order chi connectivity index (χ1) is 13.7. The number of nitrogens with two attached hydrogens (primary N) is 1. The van der Waals surface area contributed by atoms with Crippen LogP contribution in [-0.2, 0) is 9.47 Å². The van der Waals surface area contributed by atoms with E-state index >= 15 is 0 Å². The Balaban J connectivity index is 1.59. The van der Waals surface area contributed by atoms with Crippen LogP contribution in [0.4, 0.5) is 0 Å². The molecule has 2 aromatic carbocycles. The number of rotatable bonds is 3. The Morgan fingerprint density at radius 1 is 0.964 bits per heavy atom. The van der Waals surface area contributed by atoms with Gasteiger partial charge in [-0.2, -0.15) is 0 Å². The number of hydrogen-bond donors (Lipinski definition) is 2. The summed E-state index contributed by atoms with van der Waals surface area (Å²) in [6.07, 6.45) is 1.14. The van der Waals surface area contributed by atoms with Crippen LogP contribution in [0.3, 0.4) is 0 Å². The molecule has 6 nitrogen and oxygen atoms in total. The molecule has 2 heterocycles. The van der Waals surface area contributed by atoms with E-state index < -0.39 is 0 Å². The summed E-state index contributed by atoms with van der Waals surface area (Å²) in [6.45, 7) is 1.96. The van der Waals surface area contributed by atoms with Crippen molar-refractivity contribution in [2.45, 2.75) is 31.1 Å². The highest BCUT2D eigenvalue weighted by Crippen LogP contribution is 2.29. The lowest BCUT2D eigenvalue weighted by Gasteiger charge is -2.21. The van der Waals surface area contributed by atoms with Gasteiger partial charge in [0.1, 0.15) is 36.9 Å². The summed E-state index contributed by atoms with van der Waals surface area (Å²) >= 11 is 0. The molecule has 0 amide bonds. The molecule has 2 aliphatic heterocycles. The quantitative estimate of drug-likeness (QED) is 0.796. The van der Waals surface area contributed by atoms with Gasteiger partial charge >= 0.3 is 0 Å². The fourth-order valence-corrected chi connectivity index (χ4v) is 3.27. The van der Waals surface area contributed by atoms with Crippen molar-refractivity contribution in [1.29, 1.82) is 5.41 Å². The van der Waals surface area contributed by atoms with Gasteiger partial charge in [0.05, 0.1) is 13.2 Å². The van der Waals surface area contributed by atoms with Gasteiger partial charge in [0.25, 0.3) is 0 Å². The maximum Gasteiger partial charge on any atom is 0.128 e. The molecule has 0 aromatic heterocycles. The average molecular weight is 382 g/mol. The molecular formula is C22H26N2O4. The first-order valence-electron chi connectivity index (χ1n) is 9.71. The lowest BCUT2D eigenvalue weighted by molar-refractivity contribution is -0.0133. The fraction of sp³-hybridized carbons (Fsp3) is 0.409. The second-order valence-corrected chi connectivity index (χ2v) is 7.19. The summed E-state index contributed by atoms with van der Waals surface area (Å²) < 4.78 is 23.3. The summed E-state index contributed by atoms with van der Waals surface area (Å²) in [5.41, 5.74) is 8.70. The molecular weight excluding hydrogens is 356 g/mol. The van der Waals surface area contributed by atoms with Crippen LogP contribution in [-0.4, -0.2) is 44.3 Å². The normalized spacial score (nSPS) is 25.0. The Kier molecular flexibility index (Phi) is 5.90. The minimum atomic E-state index is -0.253. The zero-order valence-electron chi connectivity index (χ0n) is 15.8. The first kappa shape index (κ1) is 18.9. The molecule has 1 saturated heterocycles. The van der Waals surface area contributed by atoms with E-state index in [0.29, 0.717) is 44.1 Å². The van der Waals surface area contributed by atoms with Gasteiger partial charge in [0.2, 0.25) is 0 Å². The van der Waals surface area contributed by atoms with E-state index in [2.05, 4.69) is 0 Å². The molecule has 2 aliphatic rings. The predicted octanol–water partition coefficient (Wildman–Crippen LogP) is 3.09. The van der Waals surface area contributed by atoms with Crippen LogP contribution in [0.2, 0.25) is 0 Å². The van der Waals surface area contributed by atoms with Crippen molar-refractivity contribution in [2.75, 3.05) is 26.4 Å². The third kappa shape index (κ3) is 4.70. The van der Waals surface area contributed by atoms with Crippen LogP contribution in [0, 0.1) is 5.41 Å². The molecule has 3 atom stereocenters. The van der Waals surface area contributed by atoms with Gasteiger partial charge < -0.3 is 30.1 Å². The van der Waals surface area contributed by atoms with Crippen molar-refractivity contribution < 1.29 is 18.9 Å². The molecule has 2 aromatic rings. The summed E-state index contributed by atoms with van der Waals surface area (Å²) in [6, 6.07) is 15.3. The van der Waals surface area contributed by atoms with Crippen LogP contribution in [0.5, 0.6) is 11.5 Å². The smallest absolute Gasteiger partial charge is 0.128 e. The number of hydrogen-bond acceptors (Lipinski definition) is 6. The SMILES string of the molecule is N=C1CCC(N)c2ccccc2OCC(OCC2CO2)COc2ccccc21. The average Bonchev–Trinajstić information content (AvgIpc) is 3.55. The molecule has 0 radical (unpaired) electrons. The minimum Gasteiger partial charge on any atom is -0.490 e. The summed E-state index contributed by atoms with van der Waals surface area (Å²) in [4.78, 5) is 0. The molecule has 1 fully saturated rings. The van der Waals surface area contributed by atoms with Crippen molar-refractivity contribution in [3.8, 4) is 11.5 Å². The highest BCUT2D eigenvalue weighted by Gasteiger charge is 2.25. The highest BCUT2D eigenvalue weighted by molar-refractivity contribution is 6.00. The maximum absolute atomic E-state index is 8.51. The molecule has 0 aliphatic carbocycles. The Hall–Kier alpha value is -2.41. The highest BCUT2D eigenvalue weighted by atomic mass is 16.6. The van der Waals surface area contributed by atoms with Gasteiger partial charge in [-0.1, -0.05) is 30.3 Å². The second kappa shape index (κ2) is 8.73. The minimum absolute atomic E-state index is 0.172. The second-order valence-electron chi connectivity index (χ2n) is 7.19. The van der Waals surface area contributed by atoms with E-state index in [1.165, 1.54) is 0 Å². The number of nitrogens with one attached hydrogen (secondary N) is 1. The van der Waals surface area contributed by atoms with Crippen LogP contribution in [0.1, 0.15) is 30.0 Å². The third-order valence-corrected chi connectivity index (χ3v) is 5.01. The fourth-order valence-electron chi connectivity index (χ4n) is 3.27. The Morgan fingerprint density at radius 2 is 1.64 bits per heavy atom. The van der Waals surface area contributed by atoms with Crippen LogP contribution in [0.15, 0.2) is 48.5 Å².